The van der Waals surface area contributed by atoms with Crippen molar-refractivity contribution in [3.05, 3.63) is 54.1 Å². The molecule has 2 rings (SSSR count). The number of rotatable bonds is 4. The Morgan fingerprint density at radius 2 is 1.40 bits per heavy atom. The molecule has 0 saturated carbocycles. The molecule has 2 N–H and O–H groups in total. The maximum Gasteiger partial charge on any atom is 0.573 e. The van der Waals surface area contributed by atoms with E-state index in [0.717, 1.165) is 11.3 Å². The smallest absolute Gasteiger partial charge is 0.406 e. The molecule has 0 heterocycles. The summed E-state index contributed by atoms with van der Waals surface area (Å²) in [6, 6.07) is 12.5. The minimum atomic E-state index is -4.69. The summed E-state index contributed by atoms with van der Waals surface area (Å²) >= 11 is 0. The summed E-state index contributed by atoms with van der Waals surface area (Å²) in [7, 11) is 0. The molecule has 0 aromatic heterocycles. The number of aliphatic hydroxyl groups is 1. The summed E-state index contributed by atoms with van der Waals surface area (Å²) in [5, 5.41) is 11.9. The van der Waals surface area contributed by atoms with Crippen LogP contribution in [0.4, 0.5) is 24.5 Å². The first-order valence-electron chi connectivity index (χ1n) is 5.79. The average molecular weight is 283 g/mol. The van der Waals surface area contributed by atoms with Crippen molar-refractivity contribution in [3.63, 3.8) is 0 Å². The SMILES string of the molecule is OCc1ccc(Nc2ccc(OC(F)(F)F)cc2)cc1. The monoisotopic (exact) mass is 283 g/mol. The maximum atomic E-state index is 12.0. The van der Waals surface area contributed by atoms with Crippen LogP contribution < -0.4 is 10.1 Å². The summed E-state index contributed by atoms with van der Waals surface area (Å²) in [6.45, 7) is -0.0379. The standard InChI is InChI=1S/C14H12F3NO2/c15-14(16,17)20-13-7-5-12(6-8-13)18-11-3-1-10(9-19)2-4-11/h1-8,18-19H,9H2. The van der Waals surface area contributed by atoms with Gasteiger partial charge in [0.25, 0.3) is 0 Å². The Bertz CT molecular complexity index is 550. The molecule has 6 heteroatoms. The second-order valence-corrected chi connectivity index (χ2v) is 4.05. The lowest BCUT2D eigenvalue weighted by Gasteiger charge is -2.10. The molecular formula is C14H12F3NO2. The molecular weight excluding hydrogens is 271 g/mol. The van der Waals surface area contributed by atoms with Crippen LogP contribution in [-0.2, 0) is 6.61 Å². The number of hydrogen-bond acceptors (Lipinski definition) is 3. The topological polar surface area (TPSA) is 41.5 Å². The Hall–Kier alpha value is -2.21. The van der Waals surface area contributed by atoms with E-state index in [1.54, 1.807) is 24.3 Å². The van der Waals surface area contributed by atoms with Crippen LogP contribution in [0.1, 0.15) is 5.56 Å². The molecule has 0 unspecified atom stereocenters. The van der Waals surface area contributed by atoms with E-state index in [4.69, 9.17) is 5.11 Å². The zero-order valence-electron chi connectivity index (χ0n) is 10.3. The highest BCUT2D eigenvalue weighted by atomic mass is 19.4. The van der Waals surface area contributed by atoms with Crippen molar-refractivity contribution in [3.8, 4) is 5.75 Å². The van der Waals surface area contributed by atoms with E-state index in [0.29, 0.717) is 5.69 Å². The minimum absolute atomic E-state index is 0.0379. The van der Waals surface area contributed by atoms with Crippen LogP contribution in [-0.4, -0.2) is 11.5 Å². The molecule has 0 aliphatic rings. The van der Waals surface area contributed by atoms with Crippen LogP contribution in [0.15, 0.2) is 48.5 Å². The molecule has 0 fully saturated rings. The molecule has 0 saturated heterocycles. The maximum absolute atomic E-state index is 12.0. The van der Waals surface area contributed by atoms with Gasteiger partial charge in [-0.1, -0.05) is 12.1 Å². The second-order valence-electron chi connectivity index (χ2n) is 4.05. The van der Waals surface area contributed by atoms with E-state index < -0.39 is 6.36 Å². The van der Waals surface area contributed by atoms with Crippen molar-refractivity contribution in [2.75, 3.05) is 5.32 Å². The van der Waals surface area contributed by atoms with Gasteiger partial charge in [0.15, 0.2) is 0 Å². The van der Waals surface area contributed by atoms with Crippen molar-refractivity contribution < 1.29 is 23.0 Å². The third kappa shape index (κ3) is 4.17. The zero-order chi connectivity index (χ0) is 14.6. The third-order valence-electron chi connectivity index (χ3n) is 2.51. The van der Waals surface area contributed by atoms with Gasteiger partial charge in [-0.25, -0.2) is 0 Å². The van der Waals surface area contributed by atoms with Gasteiger partial charge >= 0.3 is 6.36 Å². The quantitative estimate of drug-likeness (QED) is 0.896. The Morgan fingerprint density at radius 1 is 0.900 bits per heavy atom. The molecule has 20 heavy (non-hydrogen) atoms. The molecule has 0 aliphatic heterocycles. The van der Waals surface area contributed by atoms with Gasteiger partial charge in [0, 0.05) is 11.4 Å². The van der Waals surface area contributed by atoms with Gasteiger partial charge < -0.3 is 15.2 Å². The predicted molar refractivity (Wildman–Crippen MR) is 68.8 cm³/mol. The van der Waals surface area contributed by atoms with Crippen molar-refractivity contribution in [2.45, 2.75) is 13.0 Å². The van der Waals surface area contributed by atoms with Crippen LogP contribution in [0.2, 0.25) is 0 Å². The van der Waals surface area contributed by atoms with Gasteiger partial charge in [-0.2, -0.15) is 0 Å². The van der Waals surface area contributed by atoms with Gasteiger partial charge in [-0.3, -0.25) is 0 Å². The number of aliphatic hydroxyl groups excluding tert-OH is 1. The lowest BCUT2D eigenvalue weighted by Crippen LogP contribution is -2.16. The van der Waals surface area contributed by atoms with E-state index in [1.807, 2.05) is 0 Å². The molecule has 0 amide bonds. The van der Waals surface area contributed by atoms with E-state index in [2.05, 4.69) is 10.1 Å². The molecule has 0 bridgehead atoms. The van der Waals surface area contributed by atoms with E-state index in [1.165, 1.54) is 24.3 Å². The molecule has 0 spiro atoms. The molecule has 2 aromatic rings. The number of alkyl halides is 3. The Balaban J connectivity index is 2.02. The van der Waals surface area contributed by atoms with Crippen LogP contribution in [0.3, 0.4) is 0 Å². The fourth-order valence-corrected chi connectivity index (χ4v) is 1.60. The Labute approximate surface area is 113 Å². The van der Waals surface area contributed by atoms with Gasteiger partial charge in [0.05, 0.1) is 6.61 Å². The first-order valence-corrected chi connectivity index (χ1v) is 5.79. The minimum Gasteiger partial charge on any atom is -0.406 e. The first kappa shape index (κ1) is 14.2. The van der Waals surface area contributed by atoms with Crippen molar-refractivity contribution in [1.29, 1.82) is 0 Å². The van der Waals surface area contributed by atoms with Gasteiger partial charge in [0.2, 0.25) is 0 Å². The largest absolute Gasteiger partial charge is 0.573 e. The molecule has 2 aromatic carbocycles. The second kappa shape index (κ2) is 5.83. The molecule has 3 nitrogen and oxygen atoms in total. The number of nitrogens with one attached hydrogen (secondary N) is 1. The first-order chi connectivity index (χ1) is 9.46. The molecule has 0 atom stereocenters. The molecule has 0 aliphatic carbocycles. The summed E-state index contributed by atoms with van der Waals surface area (Å²) in [6.07, 6.45) is -4.69. The van der Waals surface area contributed by atoms with E-state index >= 15 is 0 Å². The average Bonchev–Trinajstić information content (AvgIpc) is 2.40. The number of ether oxygens (including phenoxy) is 1. The summed E-state index contributed by atoms with van der Waals surface area (Å²) in [4.78, 5) is 0. The molecule has 0 radical (unpaired) electrons. The summed E-state index contributed by atoms with van der Waals surface area (Å²) < 4.78 is 39.8. The number of hydrogen-bond donors (Lipinski definition) is 2. The number of halogens is 3. The lowest BCUT2D eigenvalue weighted by atomic mass is 10.2. The lowest BCUT2D eigenvalue weighted by molar-refractivity contribution is -0.274. The summed E-state index contributed by atoms with van der Waals surface area (Å²) in [5.74, 6) is -0.265. The van der Waals surface area contributed by atoms with E-state index in [9.17, 15) is 13.2 Å². The van der Waals surface area contributed by atoms with Crippen LogP contribution >= 0.6 is 0 Å². The Kier molecular flexibility index (Phi) is 4.14. The highest BCUT2D eigenvalue weighted by Gasteiger charge is 2.30. The highest BCUT2D eigenvalue weighted by molar-refractivity contribution is 5.60. The normalized spacial score (nSPS) is 11.2. The van der Waals surface area contributed by atoms with Gasteiger partial charge in [0.1, 0.15) is 5.75 Å². The highest BCUT2D eigenvalue weighted by Crippen LogP contribution is 2.25. The van der Waals surface area contributed by atoms with E-state index in [-0.39, 0.29) is 12.4 Å². The Morgan fingerprint density at radius 3 is 1.85 bits per heavy atom. The zero-order valence-corrected chi connectivity index (χ0v) is 10.3. The van der Waals surface area contributed by atoms with Gasteiger partial charge in [-0.05, 0) is 42.0 Å². The van der Waals surface area contributed by atoms with Crippen molar-refractivity contribution in [1.82, 2.24) is 0 Å². The molecule has 106 valence electrons. The van der Waals surface area contributed by atoms with Crippen LogP contribution in [0.5, 0.6) is 5.75 Å². The van der Waals surface area contributed by atoms with Crippen molar-refractivity contribution in [2.24, 2.45) is 0 Å². The fourth-order valence-electron chi connectivity index (χ4n) is 1.60. The predicted octanol–water partition coefficient (Wildman–Crippen LogP) is 3.82. The van der Waals surface area contributed by atoms with Gasteiger partial charge in [-0.15, -0.1) is 13.2 Å². The fraction of sp³-hybridized carbons (Fsp3) is 0.143. The number of anilines is 2. The van der Waals surface area contributed by atoms with Crippen molar-refractivity contribution >= 4 is 11.4 Å². The number of benzene rings is 2. The van der Waals surface area contributed by atoms with Crippen LogP contribution in [0.25, 0.3) is 0 Å². The summed E-state index contributed by atoms with van der Waals surface area (Å²) in [5.41, 5.74) is 2.19. The van der Waals surface area contributed by atoms with Crippen LogP contribution in [0, 0.1) is 0 Å². The third-order valence-corrected chi connectivity index (χ3v) is 2.51.